The molecule has 0 unspecified atom stereocenters. The van der Waals surface area contributed by atoms with Crippen LogP contribution in [0.1, 0.15) is 50.7 Å². The molecule has 0 atom stereocenters. The second-order valence-corrected chi connectivity index (χ2v) is 9.05. The summed E-state index contributed by atoms with van der Waals surface area (Å²) in [5, 5.41) is -0.464. The predicted octanol–water partition coefficient (Wildman–Crippen LogP) is 4.48. The molecule has 0 radical (unpaired) electrons. The number of hydrogen-bond acceptors (Lipinski definition) is 3. The van der Waals surface area contributed by atoms with Crippen molar-refractivity contribution < 1.29 is 35.2 Å². The van der Waals surface area contributed by atoms with Gasteiger partial charge in [-0.15, -0.1) is 0 Å². The third kappa shape index (κ3) is 6.66. The lowest BCUT2D eigenvalue weighted by molar-refractivity contribution is -0.142. The molecule has 26 heavy (non-hydrogen) atoms. The molecular formula is C17H21F5O3S. The van der Waals surface area contributed by atoms with Crippen molar-refractivity contribution in [3.05, 3.63) is 34.9 Å². The van der Waals surface area contributed by atoms with Crippen LogP contribution in [0.5, 0.6) is 0 Å². The van der Waals surface area contributed by atoms with Crippen LogP contribution in [0.25, 0.3) is 0 Å². The van der Waals surface area contributed by atoms with Crippen LogP contribution in [0, 0.1) is 11.6 Å². The van der Waals surface area contributed by atoms with E-state index in [1.165, 1.54) is 0 Å². The fraction of sp³-hybridized carbons (Fsp3) is 0.588. The number of ketones is 1. The molecule has 0 aromatic heterocycles. The Balaban J connectivity index is 2.52. The van der Waals surface area contributed by atoms with E-state index < -0.39 is 38.5 Å². The van der Waals surface area contributed by atoms with Crippen molar-refractivity contribution >= 4 is 15.6 Å². The molecule has 0 N–H and O–H groups in total. The van der Waals surface area contributed by atoms with Crippen LogP contribution < -0.4 is 0 Å². The number of hydrogen-bond donors (Lipinski definition) is 0. The number of rotatable bonds is 9. The highest BCUT2D eigenvalue weighted by molar-refractivity contribution is 7.91. The number of halogens is 5. The van der Waals surface area contributed by atoms with Gasteiger partial charge >= 0.3 is 6.18 Å². The minimum absolute atomic E-state index is 0.0220. The molecule has 0 aliphatic heterocycles. The molecule has 0 aliphatic rings. The van der Waals surface area contributed by atoms with Crippen LogP contribution in [0.2, 0.25) is 0 Å². The van der Waals surface area contributed by atoms with Gasteiger partial charge in [-0.1, -0.05) is 6.42 Å². The fourth-order valence-corrected chi connectivity index (χ4v) is 3.43. The Morgan fingerprint density at radius 1 is 1.04 bits per heavy atom. The van der Waals surface area contributed by atoms with E-state index in [9.17, 15) is 35.2 Å². The zero-order chi connectivity index (χ0) is 20.1. The van der Waals surface area contributed by atoms with E-state index in [0.29, 0.717) is 31.4 Å². The van der Waals surface area contributed by atoms with Gasteiger partial charge in [0.1, 0.15) is 23.0 Å². The molecule has 0 saturated carbocycles. The van der Waals surface area contributed by atoms with Gasteiger partial charge in [0, 0.05) is 12.8 Å². The summed E-state index contributed by atoms with van der Waals surface area (Å²) in [5.41, 5.74) is -2.14. The van der Waals surface area contributed by atoms with Gasteiger partial charge in [-0.25, -0.2) is 17.2 Å². The number of benzene rings is 1. The monoisotopic (exact) mass is 400 g/mol. The Morgan fingerprint density at radius 2 is 1.58 bits per heavy atom. The first-order valence-electron chi connectivity index (χ1n) is 8.13. The van der Waals surface area contributed by atoms with Gasteiger partial charge in [0.05, 0.1) is 11.0 Å². The number of alkyl halides is 3. The SMILES string of the molecule is CC(C)S(=O)(=O)CCCCCC(=O)Cc1cc(F)c(C(F)(F)F)c(F)c1. The zero-order valence-electron chi connectivity index (χ0n) is 14.5. The molecule has 9 heteroatoms. The van der Waals surface area contributed by atoms with E-state index in [0.717, 1.165) is 0 Å². The third-order valence-corrected chi connectivity index (χ3v) is 6.18. The summed E-state index contributed by atoms with van der Waals surface area (Å²) in [6.45, 7) is 3.17. The van der Waals surface area contributed by atoms with Crippen LogP contribution in [-0.4, -0.2) is 25.2 Å². The Hall–Kier alpha value is -1.51. The molecule has 0 bridgehead atoms. The van der Waals surface area contributed by atoms with Crippen molar-refractivity contribution in [2.45, 2.75) is 57.4 Å². The Bertz CT molecular complexity index is 716. The molecule has 1 aromatic rings. The minimum Gasteiger partial charge on any atom is -0.299 e. The maximum atomic E-state index is 13.5. The second kappa shape index (κ2) is 8.92. The molecule has 0 heterocycles. The fourth-order valence-electron chi connectivity index (χ4n) is 2.35. The first-order valence-corrected chi connectivity index (χ1v) is 9.84. The second-order valence-electron chi connectivity index (χ2n) is 6.37. The Kier molecular flexibility index (Phi) is 7.73. The number of carbonyl (C=O) groups excluding carboxylic acids is 1. The average molecular weight is 400 g/mol. The lowest BCUT2D eigenvalue weighted by Gasteiger charge is -2.11. The van der Waals surface area contributed by atoms with Crippen LogP contribution in [-0.2, 0) is 27.2 Å². The smallest absolute Gasteiger partial charge is 0.299 e. The highest BCUT2D eigenvalue weighted by Crippen LogP contribution is 2.34. The molecular weight excluding hydrogens is 379 g/mol. The minimum atomic E-state index is -5.15. The van der Waals surface area contributed by atoms with Crippen LogP contribution >= 0.6 is 0 Å². The van der Waals surface area contributed by atoms with Crippen molar-refractivity contribution in [1.82, 2.24) is 0 Å². The predicted molar refractivity (Wildman–Crippen MR) is 87.5 cm³/mol. The molecule has 0 aliphatic carbocycles. The molecule has 1 rings (SSSR count). The molecule has 0 amide bonds. The summed E-state index contributed by atoms with van der Waals surface area (Å²) in [6, 6.07) is 1.03. The topological polar surface area (TPSA) is 51.2 Å². The van der Waals surface area contributed by atoms with Gasteiger partial charge in [0.2, 0.25) is 0 Å². The number of sulfone groups is 1. The van der Waals surface area contributed by atoms with Gasteiger partial charge in [0.15, 0.2) is 9.84 Å². The normalized spacial score (nSPS) is 12.6. The van der Waals surface area contributed by atoms with E-state index in [1.807, 2.05) is 0 Å². The number of Topliss-reactive ketones (excluding diaryl/α,β-unsaturated/α-hetero) is 1. The first-order chi connectivity index (χ1) is 11.8. The maximum absolute atomic E-state index is 13.5. The van der Waals surface area contributed by atoms with Gasteiger partial charge < -0.3 is 0 Å². The van der Waals surface area contributed by atoms with E-state index in [-0.39, 0.29) is 29.9 Å². The van der Waals surface area contributed by atoms with E-state index >= 15 is 0 Å². The lowest BCUT2D eigenvalue weighted by atomic mass is 10.0. The van der Waals surface area contributed by atoms with Crippen LogP contribution in [0.3, 0.4) is 0 Å². The summed E-state index contributed by atoms with van der Waals surface area (Å²) >= 11 is 0. The highest BCUT2D eigenvalue weighted by atomic mass is 32.2. The maximum Gasteiger partial charge on any atom is 0.422 e. The van der Waals surface area contributed by atoms with Gasteiger partial charge in [0.25, 0.3) is 0 Å². The average Bonchev–Trinajstić information content (AvgIpc) is 2.44. The largest absolute Gasteiger partial charge is 0.422 e. The summed E-state index contributed by atoms with van der Waals surface area (Å²) in [5.74, 6) is -3.86. The standard InChI is InChI=1S/C17H21F5O3S/c1-11(2)26(24,25)7-5-3-4-6-13(23)8-12-9-14(18)16(15(19)10-12)17(20,21)22/h9-11H,3-8H2,1-2H3. The molecule has 0 saturated heterocycles. The Morgan fingerprint density at radius 3 is 2.04 bits per heavy atom. The van der Waals surface area contributed by atoms with Crippen molar-refractivity contribution in [2.75, 3.05) is 5.75 Å². The quantitative estimate of drug-likeness (QED) is 0.454. The van der Waals surface area contributed by atoms with E-state index in [4.69, 9.17) is 0 Å². The summed E-state index contributed by atoms with van der Waals surface area (Å²) in [4.78, 5) is 11.8. The third-order valence-electron chi connectivity index (χ3n) is 3.89. The summed E-state index contributed by atoms with van der Waals surface area (Å²) in [6.07, 6.45) is -4.17. The first kappa shape index (κ1) is 22.5. The Labute approximate surface area is 149 Å². The van der Waals surface area contributed by atoms with E-state index in [1.54, 1.807) is 13.8 Å². The van der Waals surface area contributed by atoms with Gasteiger partial charge in [-0.2, -0.15) is 13.2 Å². The van der Waals surface area contributed by atoms with E-state index in [2.05, 4.69) is 0 Å². The van der Waals surface area contributed by atoms with Crippen molar-refractivity contribution in [3.8, 4) is 0 Å². The van der Waals surface area contributed by atoms with Gasteiger partial charge in [-0.05, 0) is 44.4 Å². The number of unbranched alkanes of at least 4 members (excludes halogenated alkanes) is 2. The lowest BCUT2D eigenvalue weighted by Crippen LogP contribution is -2.17. The van der Waals surface area contributed by atoms with Crippen LogP contribution in [0.15, 0.2) is 12.1 Å². The molecule has 0 fully saturated rings. The van der Waals surface area contributed by atoms with Crippen molar-refractivity contribution in [2.24, 2.45) is 0 Å². The molecule has 0 spiro atoms. The molecule has 148 valence electrons. The number of carbonyl (C=O) groups is 1. The van der Waals surface area contributed by atoms with Crippen LogP contribution in [0.4, 0.5) is 22.0 Å². The zero-order valence-corrected chi connectivity index (χ0v) is 15.3. The van der Waals surface area contributed by atoms with Crippen molar-refractivity contribution in [3.63, 3.8) is 0 Å². The summed E-state index contributed by atoms with van der Waals surface area (Å²) in [7, 11) is -3.13. The van der Waals surface area contributed by atoms with Gasteiger partial charge in [-0.3, -0.25) is 4.79 Å². The summed E-state index contributed by atoms with van der Waals surface area (Å²) < 4.78 is 87.6. The van der Waals surface area contributed by atoms with Crippen molar-refractivity contribution in [1.29, 1.82) is 0 Å². The molecule has 1 aromatic carbocycles. The molecule has 3 nitrogen and oxygen atoms in total. The highest BCUT2D eigenvalue weighted by Gasteiger charge is 2.37.